The molecule has 0 bridgehead atoms. The first-order valence-electron chi connectivity index (χ1n) is 12.8. The van der Waals surface area contributed by atoms with E-state index < -0.39 is 6.04 Å². The Hall–Kier alpha value is -3.90. The van der Waals surface area contributed by atoms with Gasteiger partial charge in [0.15, 0.2) is 5.43 Å². The van der Waals surface area contributed by atoms with Crippen molar-refractivity contribution in [2.45, 2.75) is 45.4 Å². The van der Waals surface area contributed by atoms with E-state index in [9.17, 15) is 9.59 Å². The molecule has 0 radical (unpaired) electrons. The molecule has 4 aromatic rings. The largest absolute Gasteiger partial charge is 0.489 e. The second-order valence-electron chi connectivity index (χ2n) is 9.95. The Kier molecular flexibility index (Phi) is 6.05. The molecule has 1 amide bonds. The maximum atomic E-state index is 13.9. The Morgan fingerprint density at radius 2 is 1.78 bits per heavy atom. The first-order chi connectivity index (χ1) is 18.0. The van der Waals surface area contributed by atoms with E-state index in [1.165, 1.54) is 0 Å². The number of hydrogen-bond donors (Lipinski definition) is 0. The van der Waals surface area contributed by atoms with E-state index in [0.717, 1.165) is 35.1 Å². The number of hydrogen-bond acceptors (Lipinski definition) is 5. The van der Waals surface area contributed by atoms with Gasteiger partial charge >= 0.3 is 0 Å². The third-order valence-corrected chi connectivity index (χ3v) is 7.43. The van der Waals surface area contributed by atoms with Gasteiger partial charge in [0.2, 0.25) is 5.76 Å². The number of ether oxygens (including phenoxy) is 2. The number of aryl methyl sites for hydroxylation is 2. The highest BCUT2D eigenvalue weighted by Crippen LogP contribution is 2.40. The molecular formula is C31H29NO5. The highest BCUT2D eigenvalue weighted by molar-refractivity contribution is 5.99. The molecule has 37 heavy (non-hydrogen) atoms. The zero-order valence-corrected chi connectivity index (χ0v) is 21.0. The molecular weight excluding hydrogens is 466 g/mol. The van der Waals surface area contributed by atoms with Gasteiger partial charge < -0.3 is 18.8 Å². The Bertz CT molecular complexity index is 1540. The molecule has 2 atom stereocenters. The van der Waals surface area contributed by atoms with Crippen LogP contribution in [0.4, 0.5) is 0 Å². The minimum absolute atomic E-state index is 0.0627. The number of carbonyl (C=O) groups excluding carboxylic acids is 1. The number of benzene rings is 3. The Labute approximate surface area is 215 Å². The normalized spacial score (nSPS) is 19.0. The van der Waals surface area contributed by atoms with Crippen molar-refractivity contribution in [2.75, 3.05) is 13.2 Å². The lowest BCUT2D eigenvalue weighted by molar-refractivity contribution is 0.0486. The average Bonchev–Trinajstić information content (AvgIpc) is 3.52. The summed E-state index contributed by atoms with van der Waals surface area (Å²) >= 11 is 0. The molecule has 6 nitrogen and oxygen atoms in total. The summed E-state index contributed by atoms with van der Waals surface area (Å²) in [5.74, 6) is 0.527. The fourth-order valence-corrected chi connectivity index (χ4v) is 5.33. The Morgan fingerprint density at radius 3 is 2.57 bits per heavy atom. The number of fused-ring (bicyclic) bond motifs is 2. The molecule has 188 valence electrons. The monoisotopic (exact) mass is 495 g/mol. The minimum atomic E-state index is -0.575. The fraction of sp³-hybridized carbons (Fsp3) is 0.290. The van der Waals surface area contributed by atoms with E-state index in [1.807, 2.05) is 80.6 Å². The van der Waals surface area contributed by atoms with Crippen LogP contribution in [0.25, 0.3) is 11.0 Å². The van der Waals surface area contributed by atoms with Crippen molar-refractivity contribution < 1.29 is 18.7 Å². The molecule has 2 unspecified atom stereocenters. The highest BCUT2D eigenvalue weighted by atomic mass is 16.5. The number of amides is 1. The molecule has 3 heterocycles. The molecule has 2 aliphatic heterocycles. The summed E-state index contributed by atoms with van der Waals surface area (Å²) in [6, 6.07) is 20.7. The van der Waals surface area contributed by atoms with Crippen molar-refractivity contribution in [1.82, 2.24) is 4.90 Å². The van der Waals surface area contributed by atoms with Gasteiger partial charge in [0.05, 0.1) is 23.1 Å². The van der Waals surface area contributed by atoms with Gasteiger partial charge in [-0.3, -0.25) is 9.59 Å². The summed E-state index contributed by atoms with van der Waals surface area (Å²) in [5, 5.41) is 0.495. The minimum Gasteiger partial charge on any atom is -0.489 e. The van der Waals surface area contributed by atoms with Crippen LogP contribution >= 0.6 is 0 Å². The van der Waals surface area contributed by atoms with Crippen LogP contribution in [0.3, 0.4) is 0 Å². The van der Waals surface area contributed by atoms with Crippen molar-refractivity contribution in [3.05, 3.63) is 111 Å². The van der Waals surface area contributed by atoms with E-state index >= 15 is 0 Å². The summed E-state index contributed by atoms with van der Waals surface area (Å²) in [5.41, 5.74) is 4.56. The molecule has 1 aromatic heterocycles. The zero-order valence-electron chi connectivity index (χ0n) is 21.0. The molecule has 0 saturated carbocycles. The first-order valence-corrected chi connectivity index (χ1v) is 12.8. The number of rotatable bonds is 6. The summed E-state index contributed by atoms with van der Waals surface area (Å²) in [7, 11) is 0. The van der Waals surface area contributed by atoms with Gasteiger partial charge in [-0.1, -0.05) is 42.5 Å². The first kappa shape index (κ1) is 23.5. The number of carbonyl (C=O) groups is 1. The maximum Gasteiger partial charge on any atom is 0.291 e. The lowest BCUT2D eigenvalue weighted by atomic mass is 9.97. The van der Waals surface area contributed by atoms with E-state index in [-0.39, 0.29) is 23.2 Å². The lowest BCUT2D eigenvalue weighted by Crippen LogP contribution is -2.36. The van der Waals surface area contributed by atoms with Gasteiger partial charge in [-0.2, -0.15) is 0 Å². The van der Waals surface area contributed by atoms with Crippen LogP contribution < -0.4 is 10.2 Å². The summed E-state index contributed by atoms with van der Waals surface area (Å²) in [4.78, 5) is 29.3. The Morgan fingerprint density at radius 1 is 0.973 bits per heavy atom. The van der Waals surface area contributed by atoms with Gasteiger partial charge in [-0.25, -0.2) is 0 Å². The van der Waals surface area contributed by atoms with Gasteiger partial charge in [0.1, 0.15) is 17.9 Å². The van der Waals surface area contributed by atoms with Gasteiger partial charge in [0, 0.05) is 13.2 Å². The molecule has 0 N–H and O–H groups in total. The topological polar surface area (TPSA) is 69.0 Å². The number of nitrogens with zero attached hydrogens (tertiary/aromatic N) is 1. The van der Waals surface area contributed by atoms with Gasteiger partial charge in [-0.15, -0.1) is 0 Å². The molecule has 0 spiro atoms. The molecule has 6 heteroatoms. The SMILES string of the molecule is Cc1cc2oc3c(c(=O)c2cc1C)C(c1cccc(OCc2ccccc2)c1)N(CC1CCCO1)C3=O. The average molecular weight is 496 g/mol. The zero-order chi connectivity index (χ0) is 25.5. The second-order valence-corrected chi connectivity index (χ2v) is 9.95. The molecule has 2 aliphatic rings. The Balaban J connectivity index is 1.44. The van der Waals surface area contributed by atoms with Crippen LogP contribution in [-0.4, -0.2) is 30.1 Å². The quantitative estimate of drug-likeness (QED) is 0.343. The van der Waals surface area contributed by atoms with E-state index in [4.69, 9.17) is 13.9 Å². The van der Waals surface area contributed by atoms with Crippen molar-refractivity contribution >= 4 is 16.9 Å². The predicted molar refractivity (Wildman–Crippen MR) is 141 cm³/mol. The molecule has 1 saturated heterocycles. The summed E-state index contributed by atoms with van der Waals surface area (Å²) in [6.07, 6.45) is 1.79. The summed E-state index contributed by atoms with van der Waals surface area (Å²) in [6.45, 7) is 5.46. The van der Waals surface area contributed by atoms with Crippen molar-refractivity contribution in [2.24, 2.45) is 0 Å². The molecule has 3 aromatic carbocycles. The van der Waals surface area contributed by atoms with Crippen molar-refractivity contribution in [1.29, 1.82) is 0 Å². The third kappa shape index (κ3) is 4.31. The van der Waals surface area contributed by atoms with Gasteiger partial charge in [-0.05, 0) is 73.2 Å². The molecule has 6 rings (SSSR count). The third-order valence-electron chi connectivity index (χ3n) is 7.43. The van der Waals surface area contributed by atoms with Crippen LogP contribution in [0.5, 0.6) is 5.75 Å². The second kappa shape index (κ2) is 9.52. The van der Waals surface area contributed by atoms with Crippen molar-refractivity contribution in [3.8, 4) is 5.75 Å². The van der Waals surface area contributed by atoms with Gasteiger partial charge in [0.25, 0.3) is 5.91 Å². The summed E-state index contributed by atoms with van der Waals surface area (Å²) < 4.78 is 18.1. The lowest BCUT2D eigenvalue weighted by Gasteiger charge is -2.27. The smallest absolute Gasteiger partial charge is 0.291 e. The standard InChI is InChI=1S/C31H29NO5/c1-19-14-25-26(15-20(19)2)37-30-27(29(25)33)28(32(31(30)34)17-24-12-7-13-35-24)22-10-6-11-23(16-22)36-18-21-8-4-3-5-9-21/h3-6,8-11,14-16,24,28H,7,12-13,17-18H2,1-2H3. The predicted octanol–water partition coefficient (Wildman–Crippen LogP) is 5.71. The molecule has 1 fully saturated rings. The van der Waals surface area contributed by atoms with E-state index in [2.05, 4.69) is 0 Å². The van der Waals surface area contributed by atoms with E-state index in [0.29, 0.717) is 42.0 Å². The van der Waals surface area contributed by atoms with Crippen LogP contribution in [0, 0.1) is 13.8 Å². The van der Waals surface area contributed by atoms with Crippen LogP contribution in [0.15, 0.2) is 75.9 Å². The van der Waals surface area contributed by atoms with E-state index in [1.54, 1.807) is 4.90 Å². The highest BCUT2D eigenvalue weighted by Gasteiger charge is 2.44. The van der Waals surface area contributed by atoms with Crippen LogP contribution in [0.2, 0.25) is 0 Å². The fourth-order valence-electron chi connectivity index (χ4n) is 5.33. The van der Waals surface area contributed by atoms with Crippen LogP contribution in [0.1, 0.15) is 57.3 Å². The molecule has 0 aliphatic carbocycles. The maximum absolute atomic E-state index is 13.9. The van der Waals surface area contributed by atoms with Crippen molar-refractivity contribution in [3.63, 3.8) is 0 Å². The van der Waals surface area contributed by atoms with Crippen LogP contribution in [-0.2, 0) is 11.3 Å².